The monoisotopic (exact) mass is 562 g/mol. The van der Waals surface area contributed by atoms with Gasteiger partial charge in [-0.3, -0.25) is 9.69 Å². The third kappa shape index (κ3) is 4.41. The van der Waals surface area contributed by atoms with E-state index in [0.29, 0.717) is 5.52 Å². The van der Waals surface area contributed by atoms with Gasteiger partial charge in [-0.15, -0.1) is 0 Å². The number of benzene rings is 2. The third-order valence-corrected chi connectivity index (χ3v) is 7.23. The van der Waals surface area contributed by atoms with E-state index in [0.717, 1.165) is 27.3 Å². The maximum absolute atomic E-state index is 13.2. The third-order valence-electron chi connectivity index (χ3n) is 5.90. The molecule has 0 bridgehead atoms. The molecule has 196 valence electrons. The van der Waals surface area contributed by atoms with Crippen molar-refractivity contribution < 1.29 is 37.0 Å². The van der Waals surface area contributed by atoms with E-state index in [1.807, 2.05) is 19.1 Å². The molecule has 1 N–H and O–H groups in total. The summed E-state index contributed by atoms with van der Waals surface area (Å²) in [6.07, 6.45) is -4.58. The van der Waals surface area contributed by atoms with Crippen LogP contribution in [-0.2, 0) is 20.5 Å². The van der Waals surface area contributed by atoms with E-state index in [-0.39, 0.29) is 39.4 Å². The molecule has 1 aliphatic heterocycles. The van der Waals surface area contributed by atoms with Gasteiger partial charge < -0.3 is 14.3 Å². The van der Waals surface area contributed by atoms with Gasteiger partial charge in [0.2, 0.25) is 0 Å². The lowest BCUT2D eigenvalue weighted by molar-refractivity contribution is -0.139. The molecule has 7 nitrogen and oxygen atoms in total. The number of thiazole rings is 1. The average Bonchev–Trinajstić information content (AvgIpc) is 3.55. The number of hydrogen-bond acceptors (Lipinski definition) is 7. The van der Waals surface area contributed by atoms with Gasteiger partial charge in [0.1, 0.15) is 23.1 Å². The number of carbonyl (C=O) groups excluding carboxylic acids is 2. The molecule has 12 heteroatoms. The van der Waals surface area contributed by atoms with Crippen LogP contribution in [0.25, 0.3) is 21.5 Å². The molecular formula is C26H18ClF3N2O5S. The summed E-state index contributed by atoms with van der Waals surface area (Å²) in [6, 6.07) is 10.0. The lowest BCUT2D eigenvalue weighted by Crippen LogP contribution is -2.30. The van der Waals surface area contributed by atoms with E-state index in [4.69, 9.17) is 20.8 Å². The first-order valence-electron chi connectivity index (χ1n) is 11.3. The number of rotatable bonds is 5. The number of anilines is 1. The summed E-state index contributed by atoms with van der Waals surface area (Å²) in [7, 11) is 0. The first kappa shape index (κ1) is 25.8. The summed E-state index contributed by atoms with van der Waals surface area (Å²) in [5, 5.41) is 10.7. The number of amides is 1. The number of fused-ring (bicyclic) bond motifs is 1. The van der Waals surface area contributed by atoms with Crippen LogP contribution < -0.4 is 4.90 Å². The van der Waals surface area contributed by atoms with Gasteiger partial charge in [0.15, 0.2) is 10.9 Å². The van der Waals surface area contributed by atoms with Crippen LogP contribution in [0.1, 0.15) is 29.9 Å². The Labute approximate surface area is 222 Å². The number of ether oxygens (including phenoxy) is 1. The number of halogens is 4. The molecule has 0 saturated heterocycles. The molecule has 0 fully saturated rings. The number of aliphatic hydroxyl groups excluding tert-OH is 1. The van der Waals surface area contributed by atoms with Crippen molar-refractivity contribution in [2.75, 3.05) is 11.5 Å². The summed E-state index contributed by atoms with van der Waals surface area (Å²) >= 11 is 7.32. The van der Waals surface area contributed by atoms with Gasteiger partial charge in [0.25, 0.3) is 5.91 Å². The second kappa shape index (κ2) is 9.48. The van der Waals surface area contributed by atoms with E-state index in [2.05, 4.69) is 4.98 Å². The highest BCUT2D eigenvalue weighted by Crippen LogP contribution is 2.45. The molecule has 0 spiro atoms. The molecule has 1 amide bonds. The highest BCUT2D eigenvalue weighted by molar-refractivity contribution is 7.22. The van der Waals surface area contributed by atoms with Crippen LogP contribution in [0.4, 0.5) is 18.3 Å². The van der Waals surface area contributed by atoms with Gasteiger partial charge >= 0.3 is 12.1 Å². The number of aromatic nitrogens is 1. The van der Waals surface area contributed by atoms with Gasteiger partial charge in [-0.05, 0) is 61.9 Å². The highest BCUT2D eigenvalue weighted by Gasteiger charge is 2.48. The first-order chi connectivity index (χ1) is 18.0. The fourth-order valence-corrected chi connectivity index (χ4v) is 5.51. The Kier molecular flexibility index (Phi) is 6.44. The van der Waals surface area contributed by atoms with Crippen molar-refractivity contribution in [3.63, 3.8) is 0 Å². The maximum Gasteiger partial charge on any atom is 0.416 e. The topological polar surface area (TPSA) is 92.9 Å². The summed E-state index contributed by atoms with van der Waals surface area (Å²) in [5.74, 6) is -2.46. The van der Waals surface area contributed by atoms with Gasteiger partial charge in [-0.25, -0.2) is 9.78 Å². The molecule has 1 unspecified atom stereocenters. The smallest absolute Gasteiger partial charge is 0.416 e. The zero-order valence-electron chi connectivity index (χ0n) is 19.8. The van der Waals surface area contributed by atoms with Crippen LogP contribution in [0.15, 0.2) is 64.3 Å². The van der Waals surface area contributed by atoms with Crippen LogP contribution in [0.2, 0.25) is 5.02 Å². The molecule has 38 heavy (non-hydrogen) atoms. The number of aryl methyl sites for hydroxylation is 1. The van der Waals surface area contributed by atoms with Crippen LogP contribution in [0.5, 0.6) is 0 Å². The van der Waals surface area contributed by atoms with Crippen LogP contribution in [0.3, 0.4) is 0 Å². The molecule has 1 aliphatic rings. The standard InChI is InChI=1S/C26H18ClF3N2O5S/c1-3-36-24(35)20-21(18-9-8-17(37-18)14-6-5-13(11-15(14)27)26(28,29)30)32(23(34)22(20)33)25-31-16-7-4-12(2)10-19(16)38-25/h4-11,21,33H,3H2,1-2H3. The Morgan fingerprint density at radius 1 is 1.21 bits per heavy atom. The summed E-state index contributed by atoms with van der Waals surface area (Å²) in [6.45, 7) is 3.47. The van der Waals surface area contributed by atoms with Crippen LogP contribution in [0, 0.1) is 6.92 Å². The minimum absolute atomic E-state index is 0.0124. The van der Waals surface area contributed by atoms with E-state index < -0.39 is 35.4 Å². The zero-order valence-corrected chi connectivity index (χ0v) is 21.4. The van der Waals surface area contributed by atoms with E-state index >= 15 is 0 Å². The highest BCUT2D eigenvalue weighted by atomic mass is 35.5. The number of aliphatic hydroxyl groups is 1. The molecule has 2 aromatic heterocycles. The van der Waals surface area contributed by atoms with Crippen molar-refractivity contribution in [2.24, 2.45) is 0 Å². The number of hydrogen-bond donors (Lipinski definition) is 1. The fraction of sp³-hybridized carbons (Fsp3) is 0.192. The first-order valence-corrected chi connectivity index (χ1v) is 12.5. The van der Waals surface area contributed by atoms with Crippen molar-refractivity contribution >= 4 is 50.2 Å². The van der Waals surface area contributed by atoms with Crippen LogP contribution in [-0.4, -0.2) is 28.6 Å². The number of carbonyl (C=O) groups is 2. The molecule has 0 radical (unpaired) electrons. The Balaban J connectivity index is 1.61. The van der Waals surface area contributed by atoms with Gasteiger partial charge in [0, 0.05) is 5.56 Å². The van der Waals surface area contributed by atoms with Gasteiger partial charge in [-0.1, -0.05) is 29.0 Å². The van der Waals surface area contributed by atoms with E-state index in [1.165, 1.54) is 29.5 Å². The van der Waals surface area contributed by atoms with Crippen molar-refractivity contribution in [1.29, 1.82) is 0 Å². The average molecular weight is 563 g/mol. The number of furan rings is 1. The fourth-order valence-electron chi connectivity index (χ4n) is 4.15. The summed E-state index contributed by atoms with van der Waals surface area (Å²) < 4.78 is 51.0. The predicted octanol–water partition coefficient (Wildman–Crippen LogP) is 7.00. The quantitative estimate of drug-likeness (QED) is 0.263. The lowest BCUT2D eigenvalue weighted by Gasteiger charge is -2.22. The largest absolute Gasteiger partial charge is 0.503 e. The molecule has 2 aromatic carbocycles. The summed E-state index contributed by atoms with van der Waals surface area (Å²) in [5.41, 5.74) is 0.501. The Hall–Kier alpha value is -3.83. The molecule has 1 atom stereocenters. The molecule has 0 aliphatic carbocycles. The van der Waals surface area contributed by atoms with Crippen molar-refractivity contribution in [3.05, 3.63) is 81.8 Å². The second-order valence-corrected chi connectivity index (χ2v) is 9.84. The Morgan fingerprint density at radius 2 is 1.97 bits per heavy atom. The van der Waals surface area contributed by atoms with E-state index in [1.54, 1.807) is 13.0 Å². The van der Waals surface area contributed by atoms with Crippen molar-refractivity contribution in [3.8, 4) is 11.3 Å². The normalized spacial score (nSPS) is 16.1. The molecular weight excluding hydrogens is 545 g/mol. The molecule has 4 aromatic rings. The van der Waals surface area contributed by atoms with E-state index in [9.17, 15) is 27.9 Å². The Morgan fingerprint density at radius 3 is 2.66 bits per heavy atom. The Bertz CT molecular complexity index is 1620. The number of nitrogens with zero attached hydrogens (tertiary/aromatic N) is 2. The molecule has 0 saturated carbocycles. The van der Waals surface area contributed by atoms with Crippen LogP contribution >= 0.6 is 22.9 Å². The van der Waals surface area contributed by atoms with Crippen molar-refractivity contribution in [2.45, 2.75) is 26.1 Å². The molecule has 3 heterocycles. The second-order valence-electron chi connectivity index (χ2n) is 8.42. The zero-order chi connectivity index (χ0) is 27.4. The van der Waals surface area contributed by atoms with Crippen molar-refractivity contribution in [1.82, 2.24) is 4.98 Å². The lowest BCUT2D eigenvalue weighted by atomic mass is 10.1. The maximum atomic E-state index is 13.2. The number of esters is 1. The summed E-state index contributed by atoms with van der Waals surface area (Å²) in [4.78, 5) is 31.7. The minimum Gasteiger partial charge on any atom is -0.503 e. The molecule has 5 rings (SSSR count). The van der Waals surface area contributed by atoms with Gasteiger partial charge in [0.05, 0.1) is 27.4 Å². The predicted molar refractivity (Wildman–Crippen MR) is 135 cm³/mol. The SMILES string of the molecule is CCOC(=O)C1=C(O)C(=O)N(c2nc3ccc(C)cc3s2)C1c1ccc(-c2ccc(C(F)(F)F)cc2Cl)o1. The van der Waals surface area contributed by atoms with Gasteiger partial charge in [-0.2, -0.15) is 13.2 Å². The minimum atomic E-state index is -4.58. The number of alkyl halides is 3.